The van der Waals surface area contributed by atoms with Gasteiger partial charge in [-0.05, 0) is 25.8 Å². The largest absolute Gasteiger partial charge is 0.493 e. The first-order valence-corrected chi connectivity index (χ1v) is 6.74. The molecule has 118 valence electrons. The molecule has 1 aliphatic rings. The molecule has 7 heteroatoms. The molecule has 0 saturated carbocycles. The second-order valence-corrected chi connectivity index (χ2v) is 5.92. The normalized spacial score (nSPS) is 20.1. The average molecular weight is 303 g/mol. The second kappa shape index (κ2) is 6.28. The smallest absolute Gasteiger partial charge is 0.423 e. The summed E-state index contributed by atoms with van der Waals surface area (Å²) in [6, 6.07) is 0. The van der Waals surface area contributed by atoms with Crippen molar-refractivity contribution in [3.05, 3.63) is 35.5 Å². The van der Waals surface area contributed by atoms with E-state index >= 15 is 0 Å². The molecule has 0 aromatic carbocycles. The van der Waals surface area contributed by atoms with E-state index < -0.39 is 24.8 Å². The monoisotopic (exact) mass is 303 g/mol. The Morgan fingerprint density at radius 1 is 1.33 bits per heavy atom. The molecule has 0 saturated heterocycles. The van der Waals surface area contributed by atoms with Crippen LogP contribution in [0.4, 0.5) is 13.2 Å². The van der Waals surface area contributed by atoms with E-state index in [0.29, 0.717) is 0 Å². The minimum atomic E-state index is -4.44. The van der Waals surface area contributed by atoms with Gasteiger partial charge in [0, 0.05) is 11.2 Å². The Hall–Kier alpha value is -1.21. The number of halogens is 3. The average Bonchev–Trinajstić information content (AvgIpc) is 2.49. The molecule has 1 atom stereocenters. The molecule has 0 aliphatic heterocycles. The van der Waals surface area contributed by atoms with Gasteiger partial charge < -0.3 is 15.4 Å². The van der Waals surface area contributed by atoms with Crippen LogP contribution in [0.2, 0.25) is 0 Å². The molecular formula is C14H21BF3NO2. The van der Waals surface area contributed by atoms with Gasteiger partial charge in [0.2, 0.25) is 0 Å². The Bertz CT molecular complexity index is 467. The van der Waals surface area contributed by atoms with Crippen molar-refractivity contribution in [1.29, 1.82) is 0 Å². The lowest BCUT2D eigenvalue weighted by atomic mass is 9.73. The lowest BCUT2D eigenvalue weighted by molar-refractivity contribution is -0.148. The quantitative estimate of drug-likeness (QED) is 0.785. The van der Waals surface area contributed by atoms with Gasteiger partial charge in [-0.1, -0.05) is 32.1 Å². The number of alkyl halides is 3. The van der Waals surface area contributed by atoms with Crippen molar-refractivity contribution in [1.82, 2.24) is 0 Å². The van der Waals surface area contributed by atoms with Crippen molar-refractivity contribution in [3.63, 3.8) is 0 Å². The van der Waals surface area contributed by atoms with Gasteiger partial charge in [-0.2, -0.15) is 13.2 Å². The van der Waals surface area contributed by atoms with Crippen LogP contribution in [-0.2, 0) is 4.65 Å². The van der Waals surface area contributed by atoms with Crippen LogP contribution in [0.3, 0.4) is 0 Å². The molecule has 0 fully saturated rings. The summed E-state index contributed by atoms with van der Waals surface area (Å²) < 4.78 is 44.1. The Labute approximate surface area is 123 Å². The molecule has 0 aromatic heterocycles. The molecule has 21 heavy (non-hydrogen) atoms. The fourth-order valence-corrected chi connectivity index (χ4v) is 1.64. The molecule has 1 unspecified atom stereocenters. The minimum absolute atomic E-state index is 0.0592. The summed E-state index contributed by atoms with van der Waals surface area (Å²) in [5.74, 6) is -1.73. The highest BCUT2D eigenvalue weighted by Crippen LogP contribution is 2.32. The minimum Gasteiger partial charge on any atom is -0.423 e. The lowest BCUT2D eigenvalue weighted by Crippen LogP contribution is -2.40. The van der Waals surface area contributed by atoms with Gasteiger partial charge in [0.25, 0.3) is 0 Å². The zero-order chi connectivity index (χ0) is 16.4. The molecule has 1 aliphatic carbocycles. The summed E-state index contributed by atoms with van der Waals surface area (Å²) >= 11 is 0. The zero-order valence-electron chi connectivity index (χ0n) is 12.6. The first-order valence-electron chi connectivity index (χ1n) is 6.74. The summed E-state index contributed by atoms with van der Waals surface area (Å²) in [7, 11) is -1.51. The molecule has 0 amide bonds. The Balaban J connectivity index is 3.05. The van der Waals surface area contributed by atoms with E-state index in [4.69, 9.17) is 10.4 Å². The highest BCUT2D eigenvalue weighted by Gasteiger charge is 2.39. The maximum Gasteiger partial charge on any atom is 0.493 e. The summed E-state index contributed by atoms with van der Waals surface area (Å²) in [6.45, 7) is 7.32. The van der Waals surface area contributed by atoms with Crippen molar-refractivity contribution in [2.75, 3.05) is 0 Å². The molecule has 0 bridgehead atoms. The number of allylic oxidation sites excluding steroid dienone is 5. The maximum absolute atomic E-state index is 12.9. The van der Waals surface area contributed by atoms with Crippen molar-refractivity contribution in [2.45, 2.75) is 39.5 Å². The van der Waals surface area contributed by atoms with Crippen LogP contribution in [0.1, 0.15) is 27.7 Å². The van der Waals surface area contributed by atoms with E-state index in [-0.39, 0.29) is 17.1 Å². The Kier molecular flexibility index (Phi) is 5.33. The Morgan fingerprint density at radius 3 is 2.38 bits per heavy atom. The summed E-state index contributed by atoms with van der Waals surface area (Å²) in [5.41, 5.74) is 5.02. The fourth-order valence-electron chi connectivity index (χ4n) is 1.64. The molecule has 0 heterocycles. The van der Waals surface area contributed by atoms with Gasteiger partial charge in [-0.15, -0.1) is 0 Å². The van der Waals surface area contributed by atoms with E-state index in [1.807, 2.05) is 13.8 Å². The van der Waals surface area contributed by atoms with E-state index in [2.05, 4.69) is 0 Å². The van der Waals surface area contributed by atoms with Crippen LogP contribution >= 0.6 is 0 Å². The first-order chi connectivity index (χ1) is 9.45. The fraction of sp³-hybridized carbons (Fsp3) is 0.571. The van der Waals surface area contributed by atoms with Gasteiger partial charge in [0.15, 0.2) is 0 Å². The van der Waals surface area contributed by atoms with Crippen LogP contribution < -0.4 is 5.73 Å². The van der Waals surface area contributed by atoms with Crippen molar-refractivity contribution in [3.8, 4) is 0 Å². The third-order valence-corrected chi connectivity index (χ3v) is 3.74. The van der Waals surface area contributed by atoms with E-state index in [1.54, 1.807) is 13.8 Å². The number of hydrogen-bond donors (Lipinski definition) is 2. The van der Waals surface area contributed by atoms with Gasteiger partial charge in [0.1, 0.15) is 0 Å². The predicted octanol–water partition coefficient (Wildman–Crippen LogP) is 2.97. The molecule has 0 radical (unpaired) electrons. The van der Waals surface area contributed by atoms with Crippen molar-refractivity contribution in [2.24, 2.45) is 17.6 Å². The lowest BCUT2D eigenvalue weighted by Gasteiger charge is -2.32. The number of hydrogen-bond acceptors (Lipinski definition) is 3. The van der Waals surface area contributed by atoms with E-state index in [1.165, 1.54) is 12.2 Å². The Morgan fingerprint density at radius 2 is 1.90 bits per heavy atom. The number of rotatable bonds is 4. The third kappa shape index (κ3) is 4.64. The maximum atomic E-state index is 12.9. The summed E-state index contributed by atoms with van der Waals surface area (Å²) in [6.07, 6.45) is 0.00783. The van der Waals surface area contributed by atoms with Crippen LogP contribution in [0, 0.1) is 11.8 Å². The zero-order valence-corrected chi connectivity index (χ0v) is 12.6. The van der Waals surface area contributed by atoms with Crippen LogP contribution in [-0.4, -0.2) is 23.9 Å². The van der Waals surface area contributed by atoms with Crippen molar-refractivity contribution < 1.29 is 22.8 Å². The third-order valence-electron chi connectivity index (χ3n) is 3.74. The second-order valence-electron chi connectivity index (χ2n) is 5.92. The predicted molar refractivity (Wildman–Crippen MR) is 77.0 cm³/mol. The molecular weight excluding hydrogens is 282 g/mol. The van der Waals surface area contributed by atoms with Gasteiger partial charge in [-0.25, -0.2) is 0 Å². The van der Waals surface area contributed by atoms with Crippen LogP contribution in [0.5, 0.6) is 0 Å². The standard InChI is InChI=1S/C14H21BF3NO2/c1-9(2)13(3,4)21-15(20)11-8-10(14(16,17)18)6-5-7-12(11)19/h5-10,20H,19H2,1-4H3. The van der Waals surface area contributed by atoms with Crippen LogP contribution in [0.25, 0.3) is 0 Å². The van der Waals surface area contributed by atoms with Crippen LogP contribution in [0.15, 0.2) is 35.5 Å². The van der Waals surface area contributed by atoms with Gasteiger partial charge >= 0.3 is 13.3 Å². The highest BCUT2D eigenvalue weighted by atomic mass is 19.4. The van der Waals surface area contributed by atoms with E-state index in [9.17, 15) is 18.2 Å². The van der Waals surface area contributed by atoms with Gasteiger partial charge in [-0.3, -0.25) is 0 Å². The summed E-state index contributed by atoms with van der Waals surface area (Å²) in [5, 5.41) is 10.1. The number of nitrogens with two attached hydrogens (primary N) is 1. The molecule has 1 rings (SSSR count). The first kappa shape index (κ1) is 17.8. The molecule has 0 aromatic rings. The van der Waals surface area contributed by atoms with Crippen molar-refractivity contribution >= 4 is 7.12 Å². The summed E-state index contributed by atoms with van der Waals surface area (Å²) in [4.78, 5) is 0. The van der Waals surface area contributed by atoms with E-state index in [0.717, 1.165) is 12.2 Å². The highest BCUT2D eigenvalue weighted by molar-refractivity contribution is 6.53. The van der Waals surface area contributed by atoms with Gasteiger partial charge in [0.05, 0.1) is 11.5 Å². The molecule has 0 spiro atoms. The SMILES string of the molecule is CC(C)C(C)(C)OB(O)C1=CC(C(F)(F)F)C=CC=C1N. The molecule has 3 nitrogen and oxygen atoms in total. The molecule has 3 N–H and O–H groups in total. The topological polar surface area (TPSA) is 55.5 Å².